The van der Waals surface area contributed by atoms with Gasteiger partial charge in [-0.15, -0.1) is 0 Å². The van der Waals surface area contributed by atoms with Crippen molar-refractivity contribution < 1.29 is 8.94 Å². The molecule has 0 radical (unpaired) electrons. The predicted octanol–water partition coefficient (Wildman–Crippen LogP) is 2.53. The number of nitrogens with zero attached hydrogens (tertiary/aromatic N) is 2. The minimum absolute atomic E-state index is 0.419. The second-order valence-corrected chi connectivity index (χ2v) is 3.12. The number of furan rings is 1. The summed E-state index contributed by atoms with van der Waals surface area (Å²) < 4.78 is 10.3. The first-order valence-corrected chi connectivity index (χ1v) is 4.87. The van der Waals surface area contributed by atoms with Crippen molar-refractivity contribution in [3.63, 3.8) is 0 Å². The molecule has 68 valence electrons. The van der Waals surface area contributed by atoms with E-state index >= 15 is 0 Å². The first kappa shape index (κ1) is 8.50. The van der Waals surface area contributed by atoms with E-state index in [1.54, 1.807) is 6.07 Å². The summed E-state index contributed by atoms with van der Waals surface area (Å²) in [6.45, 7) is 1.87. The van der Waals surface area contributed by atoms with Crippen LogP contribution in [0.15, 0.2) is 21.1 Å². The molecule has 4 nitrogen and oxygen atoms in total. The average molecular weight is 243 g/mol. The van der Waals surface area contributed by atoms with Crippen molar-refractivity contribution in [2.24, 2.45) is 0 Å². The summed E-state index contributed by atoms with van der Waals surface area (Å²) in [5.41, 5.74) is 0. The monoisotopic (exact) mass is 242 g/mol. The van der Waals surface area contributed by atoms with E-state index in [2.05, 4.69) is 26.1 Å². The van der Waals surface area contributed by atoms with Gasteiger partial charge in [-0.2, -0.15) is 4.98 Å². The molecule has 2 rings (SSSR count). The minimum atomic E-state index is 0.419. The zero-order valence-corrected chi connectivity index (χ0v) is 8.54. The van der Waals surface area contributed by atoms with Crippen molar-refractivity contribution in [3.8, 4) is 11.7 Å². The lowest BCUT2D eigenvalue weighted by Crippen LogP contribution is -1.78. The van der Waals surface area contributed by atoms with Gasteiger partial charge < -0.3 is 8.94 Å². The lowest BCUT2D eigenvalue weighted by Gasteiger charge is -1.84. The highest BCUT2D eigenvalue weighted by Crippen LogP contribution is 2.19. The summed E-state index contributed by atoms with van der Waals surface area (Å²) >= 11 is 3.23. The van der Waals surface area contributed by atoms with Gasteiger partial charge in [0.15, 0.2) is 11.6 Å². The standard InChI is InChI=1S/C8H7BrN2O2/c1-5-2-3-6(12-5)8-10-7(4-9)11-13-8/h2-3H,4H2,1H3. The summed E-state index contributed by atoms with van der Waals surface area (Å²) in [5.74, 6) is 2.47. The molecule has 0 saturated carbocycles. The van der Waals surface area contributed by atoms with Crippen LogP contribution in [0.5, 0.6) is 0 Å². The van der Waals surface area contributed by atoms with Gasteiger partial charge in [-0.1, -0.05) is 21.1 Å². The van der Waals surface area contributed by atoms with Crippen molar-refractivity contribution in [1.29, 1.82) is 0 Å². The van der Waals surface area contributed by atoms with E-state index in [1.807, 2.05) is 13.0 Å². The van der Waals surface area contributed by atoms with E-state index in [-0.39, 0.29) is 0 Å². The number of aromatic nitrogens is 2. The summed E-state index contributed by atoms with van der Waals surface area (Å²) in [7, 11) is 0. The quantitative estimate of drug-likeness (QED) is 0.760. The Balaban J connectivity index is 2.35. The smallest absolute Gasteiger partial charge is 0.293 e. The van der Waals surface area contributed by atoms with Gasteiger partial charge in [0.25, 0.3) is 5.89 Å². The first-order valence-electron chi connectivity index (χ1n) is 3.75. The van der Waals surface area contributed by atoms with Crippen LogP contribution in [0.2, 0.25) is 0 Å². The fourth-order valence-electron chi connectivity index (χ4n) is 0.958. The van der Waals surface area contributed by atoms with Gasteiger partial charge >= 0.3 is 0 Å². The summed E-state index contributed by atoms with van der Waals surface area (Å²) in [6.07, 6.45) is 0. The van der Waals surface area contributed by atoms with Crippen molar-refractivity contribution >= 4 is 15.9 Å². The highest BCUT2D eigenvalue weighted by Gasteiger charge is 2.10. The molecule has 0 atom stereocenters. The molecule has 0 aliphatic heterocycles. The molecule has 0 bridgehead atoms. The average Bonchev–Trinajstić information content (AvgIpc) is 2.71. The SMILES string of the molecule is Cc1ccc(-c2nc(CBr)no2)o1. The predicted molar refractivity (Wildman–Crippen MR) is 49.4 cm³/mol. The first-order chi connectivity index (χ1) is 6.29. The molecule has 2 aromatic rings. The van der Waals surface area contributed by atoms with Crippen molar-refractivity contribution in [1.82, 2.24) is 10.1 Å². The third-order valence-corrected chi connectivity index (χ3v) is 2.04. The third-order valence-electron chi connectivity index (χ3n) is 1.54. The number of alkyl halides is 1. The van der Waals surface area contributed by atoms with Gasteiger partial charge in [-0.05, 0) is 19.1 Å². The molecule has 0 aliphatic carbocycles. The topological polar surface area (TPSA) is 52.1 Å². The Morgan fingerprint density at radius 1 is 1.46 bits per heavy atom. The lowest BCUT2D eigenvalue weighted by molar-refractivity contribution is 0.408. The van der Waals surface area contributed by atoms with Crippen LogP contribution in [-0.2, 0) is 5.33 Å². The largest absolute Gasteiger partial charge is 0.456 e. The van der Waals surface area contributed by atoms with Crippen LogP contribution in [0, 0.1) is 6.92 Å². The summed E-state index contributed by atoms with van der Waals surface area (Å²) in [4.78, 5) is 4.09. The summed E-state index contributed by atoms with van der Waals surface area (Å²) in [5, 5.41) is 4.31. The Hall–Kier alpha value is -1.10. The van der Waals surface area contributed by atoms with Gasteiger partial charge in [0.2, 0.25) is 0 Å². The second kappa shape index (κ2) is 3.33. The molecule has 0 N–H and O–H groups in total. The zero-order chi connectivity index (χ0) is 9.26. The molecule has 0 spiro atoms. The van der Waals surface area contributed by atoms with E-state index in [0.29, 0.717) is 22.8 Å². The maximum absolute atomic E-state index is 5.32. The molecule has 5 heteroatoms. The van der Waals surface area contributed by atoms with Crippen LogP contribution in [0.1, 0.15) is 11.6 Å². The van der Waals surface area contributed by atoms with Gasteiger partial charge in [0, 0.05) is 0 Å². The Kier molecular flexibility index (Phi) is 2.18. The molecule has 13 heavy (non-hydrogen) atoms. The van der Waals surface area contributed by atoms with Crippen LogP contribution in [0.25, 0.3) is 11.7 Å². The molecule has 2 aromatic heterocycles. The zero-order valence-electron chi connectivity index (χ0n) is 6.95. The minimum Gasteiger partial charge on any atom is -0.456 e. The van der Waals surface area contributed by atoms with Crippen LogP contribution < -0.4 is 0 Å². The molecule has 0 unspecified atom stereocenters. The van der Waals surface area contributed by atoms with Gasteiger partial charge in [-0.3, -0.25) is 0 Å². The van der Waals surface area contributed by atoms with E-state index in [9.17, 15) is 0 Å². The van der Waals surface area contributed by atoms with Crippen LogP contribution in [0.3, 0.4) is 0 Å². The third kappa shape index (κ3) is 1.65. The maximum atomic E-state index is 5.32. The molecule has 2 heterocycles. The van der Waals surface area contributed by atoms with E-state index in [4.69, 9.17) is 8.94 Å². The molecule has 0 fully saturated rings. The fourth-order valence-corrected chi connectivity index (χ4v) is 1.19. The van der Waals surface area contributed by atoms with E-state index in [0.717, 1.165) is 5.76 Å². The van der Waals surface area contributed by atoms with Gasteiger partial charge in [0.1, 0.15) is 5.76 Å². The lowest BCUT2D eigenvalue weighted by atomic mass is 10.4. The Morgan fingerprint density at radius 2 is 2.31 bits per heavy atom. The van der Waals surface area contributed by atoms with Crippen molar-refractivity contribution in [3.05, 3.63) is 23.7 Å². The van der Waals surface area contributed by atoms with Crippen molar-refractivity contribution in [2.75, 3.05) is 0 Å². The molecule has 0 saturated heterocycles. The normalized spacial score (nSPS) is 10.6. The highest BCUT2D eigenvalue weighted by atomic mass is 79.9. The molecule has 0 amide bonds. The molecule has 0 aromatic carbocycles. The second-order valence-electron chi connectivity index (χ2n) is 2.56. The number of rotatable bonds is 2. The Labute approximate surface area is 83.1 Å². The van der Waals surface area contributed by atoms with Crippen LogP contribution >= 0.6 is 15.9 Å². The van der Waals surface area contributed by atoms with Crippen molar-refractivity contribution in [2.45, 2.75) is 12.3 Å². The fraction of sp³-hybridized carbons (Fsp3) is 0.250. The number of halogens is 1. The van der Waals surface area contributed by atoms with E-state index < -0.39 is 0 Å². The highest BCUT2D eigenvalue weighted by molar-refractivity contribution is 9.08. The van der Waals surface area contributed by atoms with E-state index in [1.165, 1.54) is 0 Å². The Morgan fingerprint density at radius 3 is 2.85 bits per heavy atom. The number of hydrogen-bond donors (Lipinski definition) is 0. The molecular weight excluding hydrogens is 236 g/mol. The molecular formula is C8H7BrN2O2. The molecule has 0 aliphatic rings. The maximum Gasteiger partial charge on any atom is 0.293 e. The number of aryl methyl sites for hydroxylation is 1. The van der Waals surface area contributed by atoms with Crippen LogP contribution in [-0.4, -0.2) is 10.1 Å². The van der Waals surface area contributed by atoms with Crippen LogP contribution in [0.4, 0.5) is 0 Å². The van der Waals surface area contributed by atoms with Gasteiger partial charge in [-0.25, -0.2) is 0 Å². The van der Waals surface area contributed by atoms with Gasteiger partial charge in [0.05, 0.1) is 5.33 Å². The Bertz CT molecular complexity index is 408. The number of hydrogen-bond acceptors (Lipinski definition) is 4. The summed E-state index contributed by atoms with van der Waals surface area (Å²) in [6, 6.07) is 3.66.